The number of nitro groups is 1. The monoisotopic (exact) mass is 662 g/mol. The largest absolute Gasteiger partial charge is 0.481 e. The third-order valence-corrected chi connectivity index (χ3v) is 11.5. The second-order valence-electron chi connectivity index (χ2n) is 14.1. The fourth-order valence-corrected chi connectivity index (χ4v) is 8.38. The van der Waals surface area contributed by atoms with Gasteiger partial charge in [-0.05, 0) is 81.3 Å². The molecule has 14 nitrogen and oxygen atoms in total. The molecule has 1 heterocycles. The molecule has 0 spiro atoms. The van der Waals surface area contributed by atoms with Crippen molar-refractivity contribution in [1.29, 1.82) is 0 Å². The van der Waals surface area contributed by atoms with E-state index in [9.17, 15) is 28.1 Å². The summed E-state index contributed by atoms with van der Waals surface area (Å²) in [6.07, 6.45) is 2.72. The average Bonchev–Trinajstić information content (AvgIpc) is 3.30. The molecule has 1 aromatic rings. The molecule has 5 N–H and O–H groups in total. The molecule has 1 aromatic carbocycles. The highest BCUT2D eigenvalue weighted by molar-refractivity contribution is 7.92. The highest BCUT2D eigenvalue weighted by Crippen LogP contribution is 2.65. The fraction of sp³-hybridized carbons (Fsp3) is 0.700. The van der Waals surface area contributed by atoms with Gasteiger partial charge in [0.2, 0.25) is 11.8 Å². The lowest BCUT2D eigenvalue weighted by Crippen LogP contribution is -2.65. The van der Waals surface area contributed by atoms with Crippen molar-refractivity contribution in [3.63, 3.8) is 0 Å². The number of hydrazine groups is 1. The third-order valence-electron chi connectivity index (χ3n) is 9.84. The van der Waals surface area contributed by atoms with Gasteiger partial charge >= 0.3 is 7.12 Å². The molecule has 4 fully saturated rings. The summed E-state index contributed by atoms with van der Waals surface area (Å²) in [5.74, 6) is -2.06. The SMILES string of the molecule is Cc1ccc(S(=O)(=O)CC(=O)N[C@@H](CCCN=C(N)N[N+](=O)[O-])C(=O)N[C@@H](CC(C)C)B2O[C@@H]3C[C@H]4C[C@H](C4(C)C)[C@]3(C)O2)cc1. The Labute approximate surface area is 271 Å². The molecule has 3 saturated carbocycles. The quantitative estimate of drug-likeness (QED) is 0.0569. The first-order chi connectivity index (χ1) is 21.4. The number of nitrogens with zero attached hydrogens (tertiary/aromatic N) is 2. The Morgan fingerprint density at radius 2 is 1.85 bits per heavy atom. The maximum Gasteiger partial charge on any atom is 0.481 e. The van der Waals surface area contributed by atoms with Gasteiger partial charge in [0, 0.05) is 6.54 Å². The molecule has 2 amide bonds. The number of aryl methyl sites for hydroxylation is 1. The molecule has 254 valence electrons. The molecule has 4 aliphatic rings. The Morgan fingerprint density at radius 1 is 1.17 bits per heavy atom. The van der Waals surface area contributed by atoms with E-state index >= 15 is 0 Å². The van der Waals surface area contributed by atoms with Gasteiger partial charge in [0.1, 0.15) is 11.8 Å². The Bertz CT molecular complexity index is 1440. The van der Waals surface area contributed by atoms with Crippen molar-refractivity contribution in [2.45, 2.75) is 102 Å². The van der Waals surface area contributed by atoms with E-state index in [2.05, 4.69) is 36.4 Å². The van der Waals surface area contributed by atoms with Crippen LogP contribution in [0.2, 0.25) is 0 Å². The maximum atomic E-state index is 13.8. The highest BCUT2D eigenvalue weighted by Gasteiger charge is 2.68. The van der Waals surface area contributed by atoms with Crippen molar-refractivity contribution in [3.05, 3.63) is 39.9 Å². The van der Waals surface area contributed by atoms with Crippen LogP contribution in [0.5, 0.6) is 0 Å². The van der Waals surface area contributed by atoms with Crippen molar-refractivity contribution >= 4 is 34.7 Å². The first kappa shape index (κ1) is 35.6. The van der Waals surface area contributed by atoms with Crippen molar-refractivity contribution in [3.8, 4) is 0 Å². The van der Waals surface area contributed by atoms with Crippen LogP contribution in [0.15, 0.2) is 34.2 Å². The zero-order valence-corrected chi connectivity index (χ0v) is 28.3. The lowest BCUT2D eigenvalue weighted by atomic mass is 9.43. The number of nitrogens with two attached hydrogens (primary N) is 1. The summed E-state index contributed by atoms with van der Waals surface area (Å²) in [5, 5.41) is 15.4. The molecule has 6 atom stereocenters. The number of benzene rings is 1. The number of aliphatic imine (C=N–C) groups is 1. The number of hydrogen-bond donors (Lipinski definition) is 4. The van der Waals surface area contributed by atoms with E-state index < -0.39 is 63.1 Å². The van der Waals surface area contributed by atoms with Crippen LogP contribution in [0.4, 0.5) is 0 Å². The van der Waals surface area contributed by atoms with E-state index in [1.54, 1.807) is 17.6 Å². The van der Waals surface area contributed by atoms with Gasteiger partial charge in [-0.1, -0.05) is 50.8 Å². The second kappa shape index (κ2) is 13.9. The lowest BCUT2D eigenvalue weighted by molar-refractivity contribution is -0.525. The second-order valence-corrected chi connectivity index (χ2v) is 16.0. The third kappa shape index (κ3) is 8.00. The van der Waals surface area contributed by atoms with Crippen LogP contribution in [-0.4, -0.2) is 74.3 Å². The van der Waals surface area contributed by atoms with Crippen LogP contribution in [-0.2, 0) is 28.7 Å². The topological polar surface area (TPSA) is 204 Å². The fourth-order valence-electron chi connectivity index (χ4n) is 7.23. The average molecular weight is 663 g/mol. The number of guanidine groups is 1. The van der Waals surface area contributed by atoms with E-state index in [1.165, 1.54) is 12.1 Å². The maximum absolute atomic E-state index is 13.8. The number of rotatable bonds is 14. The first-order valence-electron chi connectivity index (χ1n) is 15.9. The van der Waals surface area contributed by atoms with Crippen LogP contribution >= 0.6 is 0 Å². The van der Waals surface area contributed by atoms with Gasteiger partial charge in [-0.2, -0.15) is 0 Å². The Morgan fingerprint density at radius 3 is 2.46 bits per heavy atom. The first-order valence-corrected chi connectivity index (χ1v) is 17.5. The van der Waals surface area contributed by atoms with Gasteiger partial charge in [0.25, 0.3) is 5.96 Å². The zero-order chi connectivity index (χ0) is 34.0. The van der Waals surface area contributed by atoms with Crippen LogP contribution in [0, 0.1) is 40.2 Å². The van der Waals surface area contributed by atoms with Gasteiger partial charge in [-0.3, -0.25) is 9.59 Å². The molecule has 0 aromatic heterocycles. The van der Waals surface area contributed by atoms with E-state index in [4.69, 9.17) is 15.0 Å². The molecule has 5 rings (SSSR count). The van der Waals surface area contributed by atoms with Crippen molar-refractivity contribution < 1.29 is 32.3 Å². The van der Waals surface area contributed by atoms with Crippen molar-refractivity contribution in [1.82, 2.24) is 16.1 Å². The van der Waals surface area contributed by atoms with E-state index in [1.807, 2.05) is 20.8 Å². The van der Waals surface area contributed by atoms with Gasteiger partial charge in [0.05, 0.1) is 22.5 Å². The minimum Gasteiger partial charge on any atom is -0.404 e. The van der Waals surface area contributed by atoms with Crippen LogP contribution in [0.1, 0.15) is 72.3 Å². The molecule has 16 heteroatoms. The normalized spacial score (nSPS) is 26.5. The van der Waals surface area contributed by atoms with Gasteiger partial charge < -0.3 is 25.7 Å². The number of sulfone groups is 1. The molecule has 3 aliphatic carbocycles. The zero-order valence-electron chi connectivity index (χ0n) is 27.4. The molecule has 2 bridgehead atoms. The van der Waals surface area contributed by atoms with Crippen molar-refractivity contribution in [2.75, 3.05) is 12.3 Å². The Hall–Kier alpha value is -3.24. The number of nitrogens with one attached hydrogen (secondary N) is 3. The van der Waals surface area contributed by atoms with Crippen LogP contribution in [0.25, 0.3) is 0 Å². The van der Waals surface area contributed by atoms with E-state index in [0.29, 0.717) is 18.3 Å². The molecule has 1 aliphatic heterocycles. The molecular weight excluding hydrogens is 615 g/mol. The van der Waals surface area contributed by atoms with Crippen LogP contribution < -0.4 is 21.8 Å². The molecule has 0 radical (unpaired) electrons. The summed E-state index contributed by atoms with van der Waals surface area (Å²) in [6, 6.07) is 5.03. The predicted octanol–water partition coefficient (Wildman–Crippen LogP) is 1.93. The molecule has 1 saturated heterocycles. The summed E-state index contributed by atoms with van der Waals surface area (Å²) in [6.45, 7) is 12.5. The smallest absolute Gasteiger partial charge is 0.404 e. The lowest BCUT2D eigenvalue weighted by Gasteiger charge is -2.64. The van der Waals surface area contributed by atoms with Crippen molar-refractivity contribution in [2.24, 2.45) is 33.9 Å². The summed E-state index contributed by atoms with van der Waals surface area (Å²) in [5.41, 5.74) is 7.78. The molecular formula is C30H47BN6O8S. The number of carbonyl (C=O) groups excluding carboxylic acids is 2. The molecule has 0 unspecified atom stereocenters. The van der Waals surface area contributed by atoms with Gasteiger partial charge in [-0.25, -0.2) is 23.5 Å². The predicted molar refractivity (Wildman–Crippen MR) is 173 cm³/mol. The highest BCUT2D eigenvalue weighted by atomic mass is 32.2. The van der Waals surface area contributed by atoms with Gasteiger partial charge in [-0.15, -0.1) is 0 Å². The Balaban J connectivity index is 1.48. The van der Waals surface area contributed by atoms with Crippen LogP contribution in [0.3, 0.4) is 0 Å². The number of amides is 2. The number of hydrogen-bond acceptors (Lipinski definition) is 9. The van der Waals surface area contributed by atoms with E-state index in [0.717, 1.165) is 18.4 Å². The Kier molecular flexibility index (Phi) is 10.7. The summed E-state index contributed by atoms with van der Waals surface area (Å²) < 4.78 is 39.0. The van der Waals surface area contributed by atoms with E-state index in [-0.39, 0.29) is 41.7 Å². The standard InChI is InChI=1S/C30H47BN6O8S/c1-18(2)14-25(31-44-24-16-20-15-23(29(20,4)5)30(24,6)45-31)35-27(39)22(8-7-13-33-28(32)36-37(40)41)34-26(38)17-46(42,43)21-11-9-19(3)10-12-21/h9-12,18,20,22-25H,7-8,13-17H2,1-6H3,(H,34,38)(H,35,39)(H3,32,33,36)/t20-,22+,23-,24-,25+,30+/m1/s1. The summed E-state index contributed by atoms with van der Waals surface area (Å²) in [7, 11) is -4.66. The number of carbonyl (C=O) groups is 2. The summed E-state index contributed by atoms with van der Waals surface area (Å²) in [4.78, 5) is 41.3. The van der Waals surface area contributed by atoms with Gasteiger partial charge in [0.15, 0.2) is 14.9 Å². The minimum absolute atomic E-state index is 0.000855. The summed E-state index contributed by atoms with van der Waals surface area (Å²) >= 11 is 0. The molecule has 46 heavy (non-hydrogen) atoms. The minimum atomic E-state index is -3.97.